The van der Waals surface area contributed by atoms with Gasteiger partial charge in [-0.2, -0.15) is 26.7 Å². The number of nitrogens with zero attached hydrogens (tertiary/aromatic N) is 4. The van der Waals surface area contributed by atoms with Gasteiger partial charge >= 0.3 is 15.6 Å². The van der Waals surface area contributed by atoms with Crippen LogP contribution in [0.4, 0.5) is 22.0 Å². The molecule has 0 radical (unpaired) electrons. The third-order valence-electron chi connectivity index (χ3n) is 7.28. The molecule has 4 aromatic rings. The van der Waals surface area contributed by atoms with Crippen molar-refractivity contribution in [2.45, 2.75) is 38.0 Å². The van der Waals surface area contributed by atoms with E-state index in [1.54, 1.807) is 23.4 Å². The quantitative estimate of drug-likeness (QED) is 0.0718. The number of ether oxygens (including phenoxy) is 2. The maximum Gasteiger partial charge on any atom is 0.534 e. The fourth-order valence-electron chi connectivity index (χ4n) is 4.97. The van der Waals surface area contributed by atoms with Crippen molar-refractivity contribution in [1.29, 1.82) is 0 Å². The van der Waals surface area contributed by atoms with E-state index in [2.05, 4.69) is 20.8 Å². The summed E-state index contributed by atoms with van der Waals surface area (Å²) < 4.78 is 111. The lowest BCUT2D eigenvalue weighted by Crippen LogP contribution is -2.46. The highest BCUT2D eigenvalue weighted by Gasteiger charge is 2.49. The number of carbonyl (C=O) groups excluding carboxylic acids is 1. The lowest BCUT2D eigenvalue weighted by atomic mass is 9.98. The first kappa shape index (κ1) is 32.3. The maximum atomic E-state index is 15.8. The highest BCUT2D eigenvalue weighted by atomic mass is 32.2. The molecule has 0 saturated heterocycles. The second-order valence-electron chi connectivity index (χ2n) is 10.0. The van der Waals surface area contributed by atoms with E-state index in [9.17, 15) is 30.8 Å². The van der Waals surface area contributed by atoms with Crippen molar-refractivity contribution >= 4 is 37.4 Å². The van der Waals surface area contributed by atoms with Crippen LogP contribution in [-0.4, -0.2) is 65.9 Å². The summed E-state index contributed by atoms with van der Waals surface area (Å²) >= 11 is 0.923. The summed E-state index contributed by atoms with van der Waals surface area (Å²) in [6, 6.07) is 3.52. The van der Waals surface area contributed by atoms with Gasteiger partial charge in [0.2, 0.25) is 11.8 Å². The van der Waals surface area contributed by atoms with E-state index in [-0.39, 0.29) is 70.1 Å². The molecule has 0 saturated carbocycles. The van der Waals surface area contributed by atoms with Crippen molar-refractivity contribution < 1.29 is 48.8 Å². The van der Waals surface area contributed by atoms with E-state index < -0.39 is 39.2 Å². The molecule has 2 atom stereocenters. The molecule has 0 N–H and O–H groups in total. The largest absolute Gasteiger partial charge is 0.534 e. The Morgan fingerprint density at radius 1 is 1.16 bits per heavy atom. The first-order valence-corrected chi connectivity index (χ1v) is 15.5. The summed E-state index contributed by atoms with van der Waals surface area (Å²) in [5.74, 6) is -3.61. The fourth-order valence-corrected chi connectivity index (χ4v) is 6.34. The van der Waals surface area contributed by atoms with Crippen LogP contribution in [0, 0.1) is 11.6 Å². The van der Waals surface area contributed by atoms with Gasteiger partial charge in [-0.1, -0.05) is 6.58 Å². The molecule has 240 valence electrons. The zero-order valence-electron chi connectivity index (χ0n) is 23.9. The van der Waals surface area contributed by atoms with Gasteiger partial charge in [-0.15, -0.1) is 11.3 Å². The average molecular weight is 673 g/mol. The Labute approximate surface area is 257 Å². The van der Waals surface area contributed by atoms with Gasteiger partial charge in [-0.05, 0) is 37.4 Å². The normalized spacial score (nSPS) is 16.9. The highest BCUT2D eigenvalue weighted by Crippen LogP contribution is 2.48. The molecule has 10 nitrogen and oxygen atoms in total. The van der Waals surface area contributed by atoms with Crippen LogP contribution >= 0.6 is 11.3 Å². The Balaban J connectivity index is 1.81. The van der Waals surface area contributed by atoms with E-state index >= 15 is 4.39 Å². The van der Waals surface area contributed by atoms with E-state index in [0.717, 1.165) is 23.5 Å². The number of carbonyl (C=O) groups is 1. The monoisotopic (exact) mass is 672 g/mol. The van der Waals surface area contributed by atoms with Gasteiger partial charge < -0.3 is 18.6 Å². The molecular weight excluding hydrogens is 647 g/mol. The lowest BCUT2D eigenvalue weighted by Gasteiger charge is -2.37. The Kier molecular flexibility index (Phi) is 8.63. The van der Waals surface area contributed by atoms with Gasteiger partial charge in [0.15, 0.2) is 0 Å². The topological polar surface area (TPSA) is 113 Å². The van der Waals surface area contributed by atoms with Crippen LogP contribution in [0.15, 0.2) is 42.3 Å². The minimum Gasteiger partial charge on any atom is -0.490 e. The molecule has 5 rings (SSSR count). The number of thiophene rings is 1. The average Bonchev–Trinajstić information content (AvgIpc) is 3.62. The van der Waals surface area contributed by atoms with Crippen LogP contribution < -0.4 is 8.92 Å². The van der Waals surface area contributed by atoms with Crippen LogP contribution in [0.1, 0.15) is 25.6 Å². The summed E-state index contributed by atoms with van der Waals surface area (Å²) in [7, 11) is -4.77. The first-order chi connectivity index (χ1) is 21.2. The summed E-state index contributed by atoms with van der Waals surface area (Å²) in [5, 5.41) is 5.83. The Morgan fingerprint density at radius 2 is 1.89 bits per heavy atom. The molecular formula is C28H25F5N4O6S2. The summed E-state index contributed by atoms with van der Waals surface area (Å²) in [6.45, 7) is 7.13. The van der Waals surface area contributed by atoms with Crippen molar-refractivity contribution in [1.82, 2.24) is 19.7 Å². The van der Waals surface area contributed by atoms with Crippen molar-refractivity contribution in [3.8, 4) is 34.1 Å². The molecule has 1 aromatic carbocycles. The SMILES string of the molecule is C=CC(=O)N1Cc2cc(-c3nc(OS(=O)(=O)C(F)(F)F)c4ccsc4c3-c3c(F)cc(F)cc3OCCOC)nn2C(C)C1C. The molecule has 0 spiro atoms. The maximum absolute atomic E-state index is 15.8. The predicted molar refractivity (Wildman–Crippen MR) is 154 cm³/mol. The molecule has 2 unspecified atom stereocenters. The van der Waals surface area contributed by atoms with Crippen molar-refractivity contribution in [3.05, 3.63) is 59.6 Å². The highest BCUT2D eigenvalue weighted by molar-refractivity contribution is 7.88. The molecule has 0 bridgehead atoms. The van der Waals surface area contributed by atoms with Gasteiger partial charge in [-0.3, -0.25) is 9.48 Å². The number of amides is 1. The standard InChI is InChI=1S/C28H25F5N4O6S2/c1-5-22(38)36-13-17-12-20(35-37(17)15(3)14(36)2)25-24(23-19(30)10-16(29)11-21(23)42-8-7-41-4)26-18(6-9-44-26)27(34-25)43-45(39,40)28(31,32)33/h5-6,9-12,14-15H,1,7-8,13H2,2-4H3. The minimum absolute atomic E-state index is 0.0110. The molecule has 45 heavy (non-hydrogen) atoms. The number of pyridine rings is 1. The van der Waals surface area contributed by atoms with Crippen LogP contribution in [0.25, 0.3) is 32.6 Å². The van der Waals surface area contributed by atoms with Gasteiger partial charge in [0, 0.05) is 24.8 Å². The van der Waals surface area contributed by atoms with Crippen molar-refractivity contribution in [3.63, 3.8) is 0 Å². The number of benzene rings is 1. The van der Waals surface area contributed by atoms with Crippen LogP contribution in [0.2, 0.25) is 0 Å². The number of hydrogen-bond donors (Lipinski definition) is 0. The predicted octanol–water partition coefficient (Wildman–Crippen LogP) is 5.84. The van der Waals surface area contributed by atoms with E-state index in [1.165, 1.54) is 24.6 Å². The second-order valence-corrected chi connectivity index (χ2v) is 12.5. The number of alkyl halides is 3. The third kappa shape index (κ3) is 5.86. The molecule has 17 heteroatoms. The zero-order valence-corrected chi connectivity index (χ0v) is 25.5. The van der Waals surface area contributed by atoms with Crippen LogP contribution in [-0.2, 0) is 26.2 Å². The Morgan fingerprint density at radius 3 is 2.56 bits per heavy atom. The van der Waals surface area contributed by atoms with Crippen LogP contribution in [0.3, 0.4) is 0 Å². The lowest BCUT2D eigenvalue weighted by molar-refractivity contribution is -0.130. The summed E-state index contributed by atoms with van der Waals surface area (Å²) in [5.41, 5.74) is -5.93. The molecule has 1 aliphatic rings. The molecule has 0 aliphatic carbocycles. The zero-order chi connectivity index (χ0) is 32.8. The van der Waals surface area contributed by atoms with Gasteiger partial charge in [0.25, 0.3) is 0 Å². The fraction of sp³-hybridized carbons (Fsp3) is 0.321. The van der Waals surface area contributed by atoms with Crippen LogP contribution in [0.5, 0.6) is 11.6 Å². The second kappa shape index (κ2) is 12.0. The Hall–Kier alpha value is -4.09. The Bertz CT molecular complexity index is 1910. The molecule has 3 aromatic heterocycles. The summed E-state index contributed by atoms with van der Waals surface area (Å²) in [4.78, 5) is 18.3. The first-order valence-electron chi connectivity index (χ1n) is 13.2. The number of methoxy groups -OCH3 is 1. The van der Waals surface area contributed by atoms with Gasteiger partial charge in [0.05, 0.1) is 46.6 Å². The number of halogens is 5. The van der Waals surface area contributed by atoms with Crippen molar-refractivity contribution in [2.75, 3.05) is 20.3 Å². The smallest absolute Gasteiger partial charge is 0.490 e. The molecule has 0 fully saturated rings. The number of fused-ring (bicyclic) bond motifs is 2. The van der Waals surface area contributed by atoms with Gasteiger partial charge in [-0.25, -0.2) is 13.8 Å². The van der Waals surface area contributed by atoms with E-state index in [1.807, 2.05) is 0 Å². The number of rotatable bonds is 9. The van der Waals surface area contributed by atoms with E-state index in [0.29, 0.717) is 11.8 Å². The van der Waals surface area contributed by atoms with Crippen molar-refractivity contribution in [2.24, 2.45) is 0 Å². The number of hydrogen-bond acceptors (Lipinski definition) is 9. The van der Waals surface area contributed by atoms with E-state index in [4.69, 9.17) is 9.47 Å². The van der Waals surface area contributed by atoms with Gasteiger partial charge in [0.1, 0.15) is 35.4 Å². The molecule has 1 amide bonds. The number of aromatic nitrogens is 3. The molecule has 4 heterocycles. The minimum atomic E-state index is -6.17. The summed E-state index contributed by atoms with van der Waals surface area (Å²) in [6.07, 6.45) is 1.16. The third-order valence-corrected chi connectivity index (χ3v) is 9.16. The molecule has 1 aliphatic heterocycles.